The summed E-state index contributed by atoms with van der Waals surface area (Å²) in [5.41, 5.74) is 3.64. The molecule has 2 nitrogen and oxygen atoms in total. The predicted octanol–water partition coefficient (Wildman–Crippen LogP) is 3.30. The first-order valence-corrected chi connectivity index (χ1v) is 6.29. The Hall–Kier alpha value is -1.02. The number of hydrogen-bond donors (Lipinski definition) is 0. The number of halogens is 1. The molecule has 1 fully saturated rings. The third kappa shape index (κ3) is 1.94. The van der Waals surface area contributed by atoms with Gasteiger partial charge in [0.1, 0.15) is 6.10 Å². The molecule has 0 bridgehead atoms. The summed E-state index contributed by atoms with van der Waals surface area (Å²) in [5, 5.41) is 4.08. The van der Waals surface area contributed by atoms with Gasteiger partial charge in [0, 0.05) is 6.42 Å². The molecule has 0 aromatic heterocycles. The fourth-order valence-corrected chi connectivity index (χ4v) is 2.21. The van der Waals surface area contributed by atoms with Crippen LogP contribution in [0.4, 0.5) is 0 Å². The first kappa shape index (κ1) is 10.2. The van der Waals surface area contributed by atoms with Crippen molar-refractivity contribution in [2.24, 2.45) is 5.16 Å². The molecule has 84 valence electrons. The first-order chi connectivity index (χ1) is 7.86. The van der Waals surface area contributed by atoms with E-state index in [2.05, 4.69) is 29.4 Å². The Kier molecular flexibility index (Phi) is 2.60. The molecule has 1 aliphatic heterocycles. The van der Waals surface area contributed by atoms with Crippen molar-refractivity contribution in [1.82, 2.24) is 0 Å². The number of oxime groups is 1. The fraction of sp³-hybridized carbons (Fsp3) is 0.462. The quantitative estimate of drug-likeness (QED) is 0.737. The molecule has 0 N–H and O–H groups in total. The molecule has 1 unspecified atom stereocenters. The van der Waals surface area contributed by atoms with Gasteiger partial charge in [0.15, 0.2) is 0 Å². The van der Waals surface area contributed by atoms with Gasteiger partial charge in [-0.1, -0.05) is 29.4 Å². The lowest BCUT2D eigenvalue weighted by Gasteiger charge is -2.02. The smallest absolute Gasteiger partial charge is 0.146 e. The molecule has 0 saturated heterocycles. The zero-order valence-corrected chi connectivity index (χ0v) is 9.78. The lowest BCUT2D eigenvalue weighted by atomic mass is 10.0. The van der Waals surface area contributed by atoms with Gasteiger partial charge in [-0.3, -0.25) is 0 Å². The Morgan fingerprint density at radius 2 is 2.00 bits per heavy atom. The molecular formula is C13H14ClNO. The van der Waals surface area contributed by atoms with Gasteiger partial charge in [0.2, 0.25) is 0 Å². The summed E-state index contributed by atoms with van der Waals surface area (Å²) in [6.45, 7) is 0. The van der Waals surface area contributed by atoms with Gasteiger partial charge >= 0.3 is 0 Å². The van der Waals surface area contributed by atoms with Crippen molar-refractivity contribution in [3.63, 3.8) is 0 Å². The van der Waals surface area contributed by atoms with Crippen LogP contribution < -0.4 is 0 Å². The van der Waals surface area contributed by atoms with Crippen LogP contribution in [0.1, 0.15) is 36.3 Å². The van der Waals surface area contributed by atoms with Crippen LogP contribution in [0, 0.1) is 0 Å². The molecule has 1 heterocycles. The van der Waals surface area contributed by atoms with E-state index in [0.29, 0.717) is 5.88 Å². The molecule has 16 heavy (non-hydrogen) atoms. The van der Waals surface area contributed by atoms with Crippen molar-refractivity contribution in [2.75, 3.05) is 5.88 Å². The second-order valence-corrected chi connectivity index (χ2v) is 4.83. The minimum absolute atomic E-state index is 0.0553. The number of benzene rings is 1. The van der Waals surface area contributed by atoms with Gasteiger partial charge in [-0.15, -0.1) is 11.6 Å². The van der Waals surface area contributed by atoms with Crippen LogP contribution in [0.5, 0.6) is 0 Å². The van der Waals surface area contributed by atoms with E-state index in [0.717, 1.165) is 23.6 Å². The van der Waals surface area contributed by atoms with E-state index in [9.17, 15) is 0 Å². The number of rotatable bonds is 3. The first-order valence-electron chi connectivity index (χ1n) is 5.76. The summed E-state index contributed by atoms with van der Waals surface area (Å²) >= 11 is 5.74. The molecular weight excluding hydrogens is 222 g/mol. The Balaban J connectivity index is 1.74. The van der Waals surface area contributed by atoms with Crippen LogP contribution in [-0.2, 0) is 4.84 Å². The highest BCUT2D eigenvalue weighted by atomic mass is 35.5. The van der Waals surface area contributed by atoms with E-state index < -0.39 is 0 Å². The number of nitrogens with zero attached hydrogens (tertiary/aromatic N) is 1. The van der Waals surface area contributed by atoms with E-state index in [-0.39, 0.29) is 6.10 Å². The third-order valence-corrected chi connectivity index (χ3v) is 3.54. The summed E-state index contributed by atoms with van der Waals surface area (Å²) in [4.78, 5) is 5.22. The number of alkyl halides is 1. The van der Waals surface area contributed by atoms with Gasteiger partial charge in [-0.25, -0.2) is 0 Å². The standard InChI is InChI=1S/C13H14ClNO/c14-8-12-7-13(15-16-12)11-5-3-10(4-6-11)9-1-2-9/h3-6,9,12H,1-2,7-8H2. The molecule has 0 amide bonds. The van der Waals surface area contributed by atoms with Gasteiger partial charge < -0.3 is 4.84 Å². The van der Waals surface area contributed by atoms with Crippen LogP contribution in [0.3, 0.4) is 0 Å². The third-order valence-electron chi connectivity index (χ3n) is 3.20. The van der Waals surface area contributed by atoms with Crippen LogP contribution in [0.25, 0.3) is 0 Å². The van der Waals surface area contributed by atoms with Crippen molar-refractivity contribution >= 4 is 17.3 Å². The second-order valence-electron chi connectivity index (χ2n) is 4.52. The van der Waals surface area contributed by atoms with E-state index >= 15 is 0 Å². The minimum Gasteiger partial charge on any atom is -0.391 e. The van der Waals surface area contributed by atoms with E-state index in [1.54, 1.807) is 0 Å². The Bertz CT molecular complexity index is 408. The van der Waals surface area contributed by atoms with Crippen molar-refractivity contribution in [1.29, 1.82) is 0 Å². The highest BCUT2D eigenvalue weighted by Gasteiger charge is 2.24. The van der Waals surface area contributed by atoms with Crippen LogP contribution in [0.2, 0.25) is 0 Å². The van der Waals surface area contributed by atoms with Crippen molar-refractivity contribution < 1.29 is 4.84 Å². The molecule has 3 rings (SSSR count). The van der Waals surface area contributed by atoms with Gasteiger partial charge in [-0.05, 0) is 29.9 Å². The summed E-state index contributed by atoms with van der Waals surface area (Å²) in [7, 11) is 0. The Morgan fingerprint density at radius 1 is 1.25 bits per heavy atom. The van der Waals surface area contributed by atoms with Crippen molar-refractivity contribution in [3.8, 4) is 0 Å². The van der Waals surface area contributed by atoms with Crippen LogP contribution in [-0.4, -0.2) is 17.7 Å². The molecule has 1 atom stereocenters. The Morgan fingerprint density at radius 3 is 2.56 bits per heavy atom. The lowest BCUT2D eigenvalue weighted by Crippen LogP contribution is -2.09. The van der Waals surface area contributed by atoms with E-state index in [1.807, 2.05) is 0 Å². The predicted molar refractivity (Wildman–Crippen MR) is 65.2 cm³/mol. The SMILES string of the molecule is ClCC1CC(c2ccc(C3CC3)cc2)=NO1. The molecule has 3 heteroatoms. The van der Waals surface area contributed by atoms with Crippen LogP contribution in [0.15, 0.2) is 29.4 Å². The minimum atomic E-state index is 0.0553. The van der Waals surface area contributed by atoms with Crippen LogP contribution >= 0.6 is 11.6 Å². The highest BCUT2D eigenvalue weighted by Crippen LogP contribution is 2.40. The Labute approximate surface area is 100 Å². The maximum Gasteiger partial charge on any atom is 0.146 e. The van der Waals surface area contributed by atoms with Gasteiger partial charge in [-0.2, -0.15) is 0 Å². The molecule has 0 spiro atoms. The summed E-state index contributed by atoms with van der Waals surface area (Å²) in [6, 6.07) is 8.71. The largest absolute Gasteiger partial charge is 0.391 e. The zero-order valence-electron chi connectivity index (χ0n) is 9.03. The van der Waals surface area contributed by atoms with Gasteiger partial charge in [0.25, 0.3) is 0 Å². The average Bonchev–Trinajstić information content (AvgIpc) is 3.07. The normalized spacial score (nSPS) is 24.1. The molecule has 1 aliphatic carbocycles. The molecule has 1 aromatic rings. The average molecular weight is 236 g/mol. The topological polar surface area (TPSA) is 21.6 Å². The highest BCUT2D eigenvalue weighted by molar-refractivity contribution is 6.18. The molecule has 1 saturated carbocycles. The van der Waals surface area contributed by atoms with E-state index in [4.69, 9.17) is 16.4 Å². The molecule has 1 aromatic carbocycles. The maximum atomic E-state index is 5.74. The van der Waals surface area contributed by atoms with Crippen molar-refractivity contribution in [2.45, 2.75) is 31.3 Å². The van der Waals surface area contributed by atoms with Crippen molar-refractivity contribution in [3.05, 3.63) is 35.4 Å². The molecule has 0 radical (unpaired) electrons. The molecule has 2 aliphatic rings. The summed E-state index contributed by atoms with van der Waals surface area (Å²) in [6.07, 6.45) is 3.57. The zero-order chi connectivity index (χ0) is 11.0. The summed E-state index contributed by atoms with van der Waals surface area (Å²) < 4.78 is 0. The monoisotopic (exact) mass is 235 g/mol. The van der Waals surface area contributed by atoms with E-state index in [1.165, 1.54) is 18.4 Å². The number of hydrogen-bond acceptors (Lipinski definition) is 2. The fourth-order valence-electron chi connectivity index (χ4n) is 2.05. The maximum absolute atomic E-state index is 5.74. The van der Waals surface area contributed by atoms with Gasteiger partial charge in [0.05, 0.1) is 11.6 Å². The second kappa shape index (κ2) is 4.10. The lowest BCUT2D eigenvalue weighted by molar-refractivity contribution is 0.102. The summed E-state index contributed by atoms with van der Waals surface area (Å²) in [5.74, 6) is 1.32.